The van der Waals surface area contributed by atoms with Crippen LogP contribution in [-0.4, -0.2) is 43.0 Å². The van der Waals surface area contributed by atoms with Crippen molar-refractivity contribution in [2.24, 2.45) is 0 Å². The van der Waals surface area contributed by atoms with Crippen LogP contribution in [0.1, 0.15) is 19.8 Å². The fourth-order valence-electron chi connectivity index (χ4n) is 2.23. The molecule has 1 amide bonds. The Morgan fingerprint density at radius 2 is 2.25 bits per heavy atom. The van der Waals surface area contributed by atoms with E-state index in [9.17, 15) is 9.18 Å². The second-order valence-corrected chi connectivity index (χ2v) is 5.10. The molecule has 0 spiro atoms. The molecule has 0 saturated heterocycles. The molecular weight excluding hydrogens is 257 g/mol. The van der Waals surface area contributed by atoms with Gasteiger partial charge in [0.25, 0.3) is 0 Å². The standard InChI is InChI=1S/C15H22FN3O/c1-2-19(14-6-7-14)9-8-17-11-15(20)18-13-5-3-4-12(16)10-13/h3-5,10,14,17H,2,6-9,11H2,1H3,(H,18,20). The van der Waals surface area contributed by atoms with Gasteiger partial charge in [0.1, 0.15) is 5.82 Å². The average Bonchev–Trinajstić information content (AvgIpc) is 3.23. The number of hydrogen-bond donors (Lipinski definition) is 2. The summed E-state index contributed by atoms with van der Waals surface area (Å²) in [6, 6.07) is 6.66. The van der Waals surface area contributed by atoms with Gasteiger partial charge in [-0.25, -0.2) is 4.39 Å². The molecule has 4 nitrogen and oxygen atoms in total. The maximum atomic E-state index is 13.0. The van der Waals surface area contributed by atoms with E-state index in [4.69, 9.17) is 0 Å². The van der Waals surface area contributed by atoms with Gasteiger partial charge in [-0.15, -0.1) is 0 Å². The van der Waals surface area contributed by atoms with Crippen molar-refractivity contribution in [2.75, 3.05) is 31.5 Å². The topological polar surface area (TPSA) is 44.4 Å². The molecule has 20 heavy (non-hydrogen) atoms. The summed E-state index contributed by atoms with van der Waals surface area (Å²) in [5.41, 5.74) is 0.491. The number of amides is 1. The Hall–Kier alpha value is -1.46. The van der Waals surface area contributed by atoms with Crippen LogP contribution in [0.4, 0.5) is 10.1 Å². The van der Waals surface area contributed by atoms with Gasteiger partial charge in [-0.2, -0.15) is 0 Å². The van der Waals surface area contributed by atoms with Crippen molar-refractivity contribution in [3.8, 4) is 0 Å². The number of halogens is 1. The number of hydrogen-bond acceptors (Lipinski definition) is 3. The van der Waals surface area contributed by atoms with Crippen LogP contribution in [0.2, 0.25) is 0 Å². The van der Waals surface area contributed by atoms with Crippen LogP contribution in [0.5, 0.6) is 0 Å². The molecule has 0 unspecified atom stereocenters. The molecule has 2 N–H and O–H groups in total. The molecule has 1 fully saturated rings. The molecule has 1 aromatic rings. The van der Waals surface area contributed by atoms with Gasteiger partial charge < -0.3 is 10.6 Å². The molecule has 110 valence electrons. The fraction of sp³-hybridized carbons (Fsp3) is 0.533. The van der Waals surface area contributed by atoms with Crippen molar-refractivity contribution in [2.45, 2.75) is 25.8 Å². The van der Waals surface area contributed by atoms with Crippen LogP contribution in [0.3, 0.4) is 0 Å². The number of benzene rings is 1. The highest BCUT2D eigenvalue weighted by Crippen LogP contribution is 2.25. The number of carbonyl (C=O) groups is 1. The van der Waals surface area contributed by atoms with Gasteiger partial charge >= 0.3 is 0 Å². The van der Waals surface area contributed by atoms with E-state index in [1.807, 2.05) is 0 Å². The van der Waals surface area contributed by atoms with Crippen LogP contribution in [-0.2, 0) is 4.79 Å². The van der Waals surface area contributed by atoms with Gasteiger partial charge in [-0.05, 0) is 37.6 Å². The average molecular weight is 279 g/mol. The molecule has 0 aliphatic heterocycles. The minimum Gasteiger partial charge on any atom is -0.325 e. The predicted molar refractivity (Wildman–Crippen MR) is 78.2 cm³/mol. The second-order valence-electron chi connectivity index (χ2n) is 5.10. The van der Waals surface area contributed by atoms with Crippen LogP contribution >= 0.6 is 0 Å². The maximum absolute atomic E-state index is 13.0. The van der Waals surface area contributed by atoms with Crippen LogP contribution in [0.25, 0.3) is 0 Å². The van der Waals surface area contributed by atoms with Crippen LogP contribution in [0, 0.1) is 5.82 Å². The van der Waals surface area contributed by atoms with Gasteiger partial charge in [0, 0.05) is 24.8 Å². The minimum absolute atomic E-state index is 0.148. The van der Waals surface area contributed by atoms with Gasteiger partial charge in [-0.1, -0.05) is 13.0 Å². The third-order valence-corrected chi connectivity index (χ3v) is 3.44. The first-order chi connectivity index (χ1) is 9.69. The zero-order valence-corrected chi connectivity index (χ0v) is 11.9. The summed E-state index contributed by atoms with van der Waals surface area (Å²) < 4.78 is 13.0. The van der Waals surface area contributed by atoms with Gasteiger partial charge in [-0.3, -0.25) is 9.69 Å². The lowest BCUT2D eigenvalue weighted by molar-refractivity contribution is -0.115. The Morgan fingerprint density at radius 3 is 2.90 bits per heavy atom. The van der Waals surface area contributed by atoms with E-state index in [0.29, 0.717) is 5.69 Å². The molecule has 0 heterocycles. The van der Waals surface area contributed by atoms with Crippen LogP contribution < -0.4 is 10.6 Å². The lowest BCUT2D eigenvalue weighted by atomic mass is 10.3. The van der Waals surface area contributed by atoms with E-state index in [1.165, 1.54) is 25.0 Å². The lowest BCUT2D eigenvalue weighted by Crippen LogP contribution is -2.36. The van der Waals surface area contributed by atoms with Crippen LogP contribution in [0.15, 0.2) is 24.3 Å². The molecule has 0 bridgehead atoms. The molecule has 1 aromatic carbocycles. The minimum atomic E-state index is -0.348. The smallest absolute Gasteiger partial charge is 0.238 e. The van der Waals surface area contributed by atoms with Crippen molar-refractivity contribution >= 4 is 11.6 Å². The zero-order valence-electron chi connectivity index (χ0n) is 11.9. The third-order valence-electron chi connectivity index (χ3n) is 3.44. The van der Waals surface area contributed by atoms with Gasteiger partial charge in [0.2, 0.25) is 5.91 Å². The molecule has 1 saturated carbocycles. The third kappa shape index (κ3) is 4.90. The Labute approximate surface area is 119 Å². The van der Waals surface area contributed by atoms with Gasteiger partial charge in [0.15, 0.2) is 0 Å². The molecule has 0 aromatic heterocycles. The largest absolute Gasteiger partial charge is 0.325 e. The number of anilines is 1. The summed E-state index contributed by atoms with van der Waals surface area (Å²) >= 11 is 0. The maximum Gasteiger partial charge on any atom is 0.238 e. The summed E-state index contributed by atoms with van der Waals surface area (Å²) in [7, 11) is 0. The molecule has 0 radical (unpaired) electrons. The van der Waals surface area contributed by atoms with Crippen molar-refractivity contribution in [1.29, 1.82) is 0 Å². The van der Waals surface area contributed by atoms with Gasteiger partial charge in [0.05, 0.1) is 6.54 Å². The molecule has 2 rings (SSSR count). The quantitative estimate of drug-likeness (QED) is 0.714. The molecule has 1 aliphatic carbocycles. The fourth-order valence-corrected chi connectivity index (χ4v) is 2.23. The van der Waals surface area contributed by atoms with E-state index >= 15 is 0 Å². The predicted octanol–water partition coefficient (Wildman–Crippen LogP) is 1.84. The molecule has 0 atom stereocenters. The highest BCUT2D eigenvalue weighted by atomic mass is 19.1. The Kier molecular flexibility index (Phi) is 5.49. The first kappa shape index (κ1) is 14.9. The van der Waals surface area contributed by atoms with E-state index < -0.39 is 0 Å². The summed E-state index contributed by atoms with van der Waals surface area (Å²) in [6.07, 6.45) is 2.60. The summed E-state index contributed by atoms with van der Waals surface area (Å²) in [5.74, 6) is -0.496. The SMILES string of the molecule is CCN(CCNCC(=O)Nc1cccc(F)c1)C1CC1. The summed E-state index contributed by atoms with van der Waals surface area (Å²) in [6.45, 7) is 5.23. The normalized spacial score (nSPS) is 14.6. The monoisotopic (exact) mass is 279 g/mol. The number of likely N-dealkylation sites (N-methyl/N-ethyl adjacent to an activating group) is 1. The van der Waals surface area contributed by atoms with E-state index in [0.717, 1.165) is 25.7 Å². The summed E-state index contributed by atoms with van der Waals surface area (Å²) in [4.78, 5) is 14.1. The Morgan fingerprint density at radius 1 is 1.45 bits per heavy atom. The number of nitrogens with zero attached hydrogens (tertiary/aromatic N) is 1. The number of carbonyl (C=O) groups excluding carboxylic acids is 1. The molecule has 1 aliphatic rings. The first-order valence-corrected chi connectivity index (χ1v) is 7.19. The number of nitrogens with one attached hydrogen (secondary N) is 2. The Balaban J connectivity index is 1.62. The second kappa shape index (κ2) is 7.36. The first-order valence-electron chi connectivity index (χ1n) is 7.19. The van der Waals surface area contributed by atoms with Crippen molar-refractivity contribution in [3.63, 3.8) is 0 Å². The van der Waals surface area contributed by atoms with Crippen molar-refractivity contribution in [3.05, 3.63) is 30.1 Å². The highest BCUT2D eigenvalue weighted by Gasteiger charge is 2.26. The van der Waals surface area contributed by atoms with E-state index in [2.05, 4.69) is 22.5 Å². The van der Waals surface area contributed by atoms with Crippen molar-refractivity contribution < 1.29 is 9.18 Å². The van der Waals surface area contributed by atoms with E-state index in [1.54, 1.807) is 12.1 Å². The lowest BCUT2D eigenvalue weighted by Gasteiger charge is -2.19. The highest BCUT2D eigenvalue weighted by molar-refractivity contribution is 5.92. The molecular formula is C15H22FN3O. The molecule has 5 heteroatoms. The summed E-state index contributed by atoms with van der Waals surface area (Å²) in [5, 5.41) is 5.78. The zero-order chi connectivity index (χ0) is 14.4. The van der Waals surface area contributed by atoms with E-state index in [-0.39, 0.29) is 18.3 Å². The Bertz CT molecular complexity index is 448. The van der Waals surface area contributed by atoms with Crippen molar-refractivity contribution in [1.82, 2.24) is 10.2 Å². The number of rotatable bonds is 8.